The Morgan fingerprint density at radius 1 is 1.23 bits per heavy atom. The van der Waals surface area contributed by atoms with Crippen molar-refractivity contribution in [1.82, 2.24) is 10.2 Å². The lowest BCUT2D eigenvalue weighted by Crippen LogP contribution is -2.69. The third-order valence-electron chi connectivity index (χ3n) is 5.92. The lowest BCUT2D eigenvalue weighted by Gasteiger charge is -2.48. The van der Waals surface area contributed by atoms with Gasteiger partial charge in [0.05, 0.1) is 11.3 Å². The smallest absolute Gasteiger partial charge is 0.354 e. The number of para-hydroxylation sites is 1. The number of nitrogens with one attached hydrogen (secondary N) is 1. The normalized spacial score (nSPS) is 22.8. The molecule has 3 amide bonds. The van der Waals surface area contributed by atoms with Crippen LogP contribution in [0, 0.1) is 5.92 Å². The summed E-state index contributed by atoms with van der Waals surface area (Å²) in [5.74, 6) is -1.15. The second kappa shape index (κ2) is 7.74. The molecule has 0 radical (unpaired) electrons. The summed E-state index contributed by atoms with van der Waals surface area (Å²) in [6.07, 6.45) is 2.69. The van der Waals surface area contributed by atoms with E-state index in [2.05, 4.69) is 19.2 Å². The first-order valence-electron chi connectivity index (χ1n) is 10.6. The van der Waals surface area contributed by atoms with Crippen molar-refractivity contribution in [2.24, 2.45) is 5.92 Å². The third-order valence-corrected chi connectivity index (χ3v) is 5.92. The van der Waals surface area contributed by atoms with Crippen molar-refractivity contribution >= 4 is 29.4 Å². The lowest BCUT2D eigenvalue weighted by atomic mass is 9.96. The Kier molecular flexibility index (Phi) is 5.26. The van der Waals surface area contributed by atoms with E-state index in [4.69, 9.17) is 4.74 Å². The van der Waals surface area contributed by atoms with Crippen LogP contribution in [-0.2, 0) is 19.1 Å². The molecule has 2 aliphatic heterocycles. The molecule has 1 aromatic rings. The van der Waals surface area contributed by atoms with Crippen LogP contribution in [0.2, 0.25) is 0 Å². The second-order valence-electron chi connectivity index (χ2n) is 8.58. The van der Waals surface area contributed by atoms with Gasteiger partial charge in [0.25, 0.3) is 11.8 Å². The molecule has 0 unspecified atom stereocenters. The van der Waals surface area contributed by atoms with Gasteiger partial charge in [0.1, 0.15) is 0 Å². The minimum atomic E-state index is -1.51. The van der Waals surface area contributed by atoms with Gasteiger partial charge < -0.3 is 15.0 Å². The summed E-state index contributed by atoms with van der Waals surface area (Å²) in [7, 11) is 0. The number of amides is 3. The van der Waals surface area contributed by atoms with Crippen molar-refractivity contribution in [3.8, 4) is 0 Å². The van der Waals surface area contributed by atoms with Crippen LogP contribution in [0.3, 0.4) is 0 Å². The minimum Gasteiger partial charge on any atom is -0.452 e. The number of fused-ring (bicyclic) bond motifs is 3. The fourth-order valence-electron chi connectivity index (χ4n) is 4.31. The van der Waals surface area contributed by atoms with E-state index >= 15 is 0 Å². The van der Waals surface area contributed by atoms with E-state index in [9.17, 15) is 19.2 Å². The Labute approximate surface area is 175 Å². The Balaban J connectivity index is 1.59. The number of hydrogen-bond donors (Lipinski definition) is 1. The highest BCUT2D eigenvalue weighted by Crippen LogP contribution is 2.49. The third kappa shape index (κ3) is 3.34. The zero-order valence-corrected chi connectivity index (χ0v) is 17.3. The predicted molar refractivity (Wildman–Crippen MR) is 109 cm³/mol. The summed E-state index contributed by atoms with van der Waals surface area (Å²) in [5, 5.41) is 2.73. The average Bonchev–Trinajstić information content (AvgIpc) is 3.48. The number of anilines is 1. The Bertz CT molecular complexity index is 895. The average molecular weight is 413 g/mol. The van der Waals surface area contributed by atoms with Crippen LogP contribution in [0.1, 0.15) is 56.3 Å². The van der Waals surface area contributed by atoms with Crippen LogP contribution in [0.15, 0.2) is 24.3 Å². The zero-order chi connectivity index (χ0) is 21.5. The van der Waals surface area contributed by atoms with Gasteiger partial charge in [0.2, 0.25) is 11.6 Å². The van der Waals surface area contributed by atoms with Gasteiger partial charge in [0, 0.05) is 25.4 Å². The number of ether oxygens (including phenoxy) is 1. The van der Waals surface area contributed by atoms with Gasteiger partial charge in [-0.25, -0.2) is 4.79 Å². The summed E-state index contributed by atoms with van der Waals surface area (Å²) in [6.45, 7) is 4.18. The standard InChI is InChI=1S/C22H27N3O5/c1-14(2)10-12-23-18(26)13-30-21(29)22-11-9-19(27)25(22)17-6-4-3-5-16(17)20(28)24(22)15-7-8-15/h3-6,14-15H,7-13H2,1-2H3,(H,23,26)/t22-/m0/s1. The fraction of sp³-hybridized carbons (Fsp3) is 0.545. The quantitative estimate of drug-likeness (QED) is 0.688. The maximum atomic E-state index is 13.3. The number of hydrogen-bond acceptors (Lipinski definition) is 5. The van der Waals surface area contributed by atoms with Crippen molar-refractivity contribution in [2.45, 2.75) is 57.7 Å². The molecule has 1 aliphatic carbocycles. The van der Waals surface area contributed by atoms with Crippen molar-refractivity contribution in [2.75, 3.05) is 18.1 Å². The van der Waals surface area contributed by atoms with Gasteiger partial charge in [-0.3, -0.25) is 19.3 Å². The molecule has 0 bridgehead atoms. The van der Waals surface area contributed by atoms with Crippen molar-refractivity contribution in [3.63, 3.8) is 0 Å². The monoisotopic (exact) mass is 413 g/mol. The topological polar surface area (TPSA) is 96.0 Å². The highest BCUT2D eigenvalue weighted by atomic mass is 16.5. The highest BCUT2D eigenvalue weighted by molar-refractivity contribution is 6.15. The molecule has 160 valence electrons. The predicted octanol–water partition coefficient (Wildman–Crippen LogP) is 1.83. The number of nitrogens with zero attached hydrogens (tertiary/aromatic N) is 2. The largest absolute Gasteiger partial charge is 0.452 e. The summed E-state index contributed by atoms with van der Waals surface area (Å²) in [4.78, 5) is 54.5. The van der Waals surface area contributed by atoms with Crippen LogP contribution in [0.4, 0.5) is 5.69 Å². The van der Waals surface area contributed by atoms with Crippen LogP contribution >= 0.6 is 0 Å². The van der Waals surface area contributed by atoms with Gasteiger partial charge in [-0.1, -0.05) is 26.0 Å². The molecule has 1 saturated heterocycles. The van der Waals surface area contributed by atoms with Crippen LogP contribution in [0.5, 0.6) is 0 Å². The van der Waals surface area contributed by atoms with Crippen LogP contribution in [-0.4, -0.2) is 53.4 Å². The van der Waals surface area contributed by atoms with Gasteiger partial charge in [-0.2, -0.15) is 0 Å². The maximum absolute atomic E-state index is 13.3. The van der Waals surface area contributed by atoms with Crippen LogP contribution < -0.4 is 10.2 Å². The highest BCUT2D eigenvalue weighted by Gasteiger charge is 2.64. The van der Waals surface area contributed by atoms with Gasteiger partial charge >= 0.3 is 5.97 Å². The number of rotatable bonds is 7. The fourth-order valence-corrected chi connectivity index (χ4v) is 4.31. The molecule has 3 aliphatic rings. The number of carbonyl (C=O) groups excluding carboxylic acids is 4. The first-order chi connectivity index (χ1) is 14.4. The maximum Gasteiger partial charge on any atom is 0.354 e. The molecule has 1 aromatic carbocycles. The first-order valence-corrected chi connectivity index (χ1v) is 10.6. The van der Waals surface area contributed by atoms with Gasteiger partial charge in [-0.15, -0.1) is 0 Å². The Morgan fingerprint density at radius 3 is 2.67 bits per heavy atom. The van der Waals surface area contributed by atoms with Crippen molar-refractivity contribution in [3.05, 3.63) is 29.8 Å². The van der Waals surface area contributed by atoms with E-state index in [1.165, 1.54) is 9.80 Å². The molecular formula is C22H27N3O5. The van der Waals surface area contributed by atoms with Crippen molar-refractivity contribution < 1.29 is 23.9 Å². The molecule has 30 heavy (non-hydrogen) atoms. The summed E-state index contributed by atoms with van der Waals surface area (Å²) in [6, 6.07) is 6.74. The molecule has 2 heterocycles. The molecule has 2 fully saturated rings. The van der Waals surface area contributed by atoms with E-state index in [0.717, 1.165) is 19.3 Å². The Hall–Kier alpha value is -2.90. The number of benzene rings is 1. The summed E-state index contributed by atoms with van der Waals surface area (Å²) in [5.41, 5.74) is -0.670. The van der Waals surface area contributed by atoms with E-state index < -0.39 is 24.1 Å². The number of esters is 1. The molecular weight excluding hydrogens is 386 g/mol. The molecule has 1 atom stereocenters. The molecule has 0 spiro atoms. The first kappa shape index (κ1) is 20.4. The van der Waals surface area contributed by atoms with E-state index in [0.29, 0.717) is 23.7 Å². The molecule has 8 nitrogen and oxygen atoms in total. The molecule has 0 aromatic heterocycles. The SMILES string of the molecule is CC(C)CCNC(=O)COC(=O)[C@]12CCC(=O)N1c1ccccc1C(=O)N2C1CC1. The lowest BCUT2D eigenvalue weighted by molar-refractivity contribution is -0.160. The zero-order valence-electron chi connectivity index (χ0n) is 17.3. The van der Waals surface area contributed by atoms with E-state index in [1.807, 2.05) is 0 Å². The van der Waals surface area contributed by atoms with Gasteiger partial charge in [-0.05, 0) is 37.3 Å². The summed E-state index contributed by atoms with van der Waals surface area (Å²) < 4.78 is 5.39. The molecule has 1 N–H and O–H groups in total. The van der Waals surface area contributed by atoms with Crippen LogP contribution in [0.25, 0.3) is 0 Å². The molecule has 4 rings (SSSR count). The van der Waals surface area contributed by atoms with Gasteiger partial charge in [0.15, 0.2) is 6.61 Å². The van der Waals surface area contributed by atoms with E-state index in [-0.39, 0.29) is 30.7 Å². The van der Waals surface area contributed by atoms with Crippen molar-refractivity contribution in [1.29, 1.82) is 0 Å². The molecule has 1 saturated carbocycles. The molecule has 8 heteroatoms. The Morgan fingerprint density at radius 2 is 1.97 bits per heavy atom. The summed E-state index contributed by atoms with van der Waals surface area (Å²) >= 11 is 0. The number of carbonyl (C=O) groups is 4. The second-order valence-corrected chi connectivity index (χ2v) is 8.58. The van der Waals surface area contributed by atoms with E-state index in [1.54, 1.807) is 24.3 Å². The minimum absolute atomic E-state index is 0.105.